The van der Waals surface area contributed by atoms with Gasteiger partial charge in [0.1, 0.15) is 5.75 Å². The van der Waals surface area contributed by atoms with Crippen LogP contribution >= 0.6 is 0 Å². The van der Waals surface area contributed by atoms with Crippen molar-refractivity contribution >= 4 is 16.1 Å². The summed E-state index contributed by atoms with van der Waals surface area (Å²) in [4.78, 5) is 15.3. The van der Waals surface area contributed by atoms with Crippen molar-refractivity contribution < 1.29 is 35.3 Å². The molecule has 0 spiro atoms. The monoisotopic (exact) mass is 347 g/mol. The summed E-state index contributed by atoms with van der Waals surface area (Å²) in [6.45, 7) is 0. The molecule has 1 aromatic carbocycles. The van der Waals surface area contributed by atoms with Gasteiger partial charge in [0.15, 0.2) is 5.75 Å². The largest absolute Gasteiger partial charge is 0.534 e. The van der Waals surface area contributed by atoms with Gasteiger partial charge in [-0.3, -0.25) is 4.98 Å². The van der Waals surface area contributed by atoms with E-state index in [0.29, 0.717) is 0 Å². The standard InChI is InChI=1S/C13H8F3NO5S/c14-13(15,16)23(19,20)22-11-6-9(7-17-8-11)12(18)21-10-4-2-1-3-5-10/h1-8H. The van der Waals surface area contributed by atoms with Crippen molar-refractivity contribution in [3.05, 3.63) is 54.4 Å². The van der Waals surface area contributed by atoms with Crippen LogP contribution < -0.4 is 8.92 Å². The van der Waals surface area contributed by atoms with Gasteiger partial charge < -0.3 is 8.92 Å². The Bertz CT molecular complexity index is 806. The van der Waals surface area contributed by atoms with E-state index in [1.165, 1.54) is 12.1 Å². The Kier molecular flexibility index (Phi) is 4.55. The fourth-order valence-electron chi connectivity index (χ4n) is 1.40. The molecule has 0 fully saturated rings. The Morgan fingerprint density at radius 2 is 1.70 bits per heavy atom. The van der Waals surface area contributed by atoms with E-state index in [1.807, 2.05) is 0 Å². The van der Waals surface area contributed by atoms with Crippen LogP contribution in [0.4, 0.5) is 13.2 Å². The van der Waals surface area contributed by atoms with Crippen molar-refractivity contribution in [1.82, 2.24) is 4.98 Å². The van der Waals surface area contributed by atoms with Gasteiger partial charge in [-0.05, 0) is 18.2 Å². The molecule has 2 aromatic rings. The Balaban J connectivity index is 2.19. The van der Waals surface area contributed by atoms with Crippen molar-refractivity contribution in [1.29, 1.82) is 0 Å². The molecule has 0 aliphatic rings. The molecule has 1 aromatic heterocycles. The highest BCUT2D eigenvalue weighted by atomic mass is 32.2. The molecular weight excluding hydrogens is 339 g/mol. The summed E-state index contributed by atoms with van der Waals surface area (Å²) in [7, 11) is -5.84. The normalized spacial score (nSPS) is 11.8. The van der Waals surface area contributed by atoms with Crippen molar-refractivity contribution in [2.75, 3.05) is 0 Å². The summed E-state index contributed by atoms with van der Waals surface area (Å²) in [5.41, 5.74) is -5.86. The molecule has 0 aliphatic carbocycles. The fraction of sp³-hybridized carbons (Fsp3) is 0.0769. The van der Waals surface area contributed by atoms with E-state index in [9.17, 15) is 26.4 Å². The maximum absolute atomic E-state index is 12.2. The molecule has 23 heavy (non-hydrogen) atoms. The van der Waals surface area contributed by atoms with Crippen molar-refractivity contribution in [3.8, 4) is 11.5 Å². The molecule has 0 unspecified atom stereocenters. The van der Waals surface area contributed by atoms with Crippen LogP contribution in [-0.4, -0.2) is 24.9 Å². The van der Waals surface area contributed by atoms with E-state index in [4.69, 9.17) is 4.74 Å². The van der Waals surface area contributed by atoms with Gasteiger partial charge >= 0.3 is 21.6 Å². The summed E-state index contributed by atoms with van der Waals surface area (Å²) in [6.07, 6.45) is 1.72. The molecule has 1 heterocycles. The molecule has 122 valence electrons. The molecule has 0 N–H and O–H groups in total. The number of halogens is 3. The first-order valence-electron chi connectivity index (χ1n) is 5.92. The summed E-state index contributed by atoms with van der Waals surface area (Å²) in [6, 6.07) is 8.66. The van der Waals surface area contributed by atoms with E-state index in [0.717, 1.165) is 18.5 Å². The predicted molar refractivity (Wildman–Crippen MR) is 71.2 cm³/mol. The number of nitrogens with zero attached hydrogens (tertiary/aromatic N) is 1. The second kappa shape index (κ2) is 6.24. The number of rotatable bonds is 4. The number of ether oxygens (including phenoxy) is 1. The minimum Gasteiger partial charge on any atom is -0.423 e. The van der Waals surface area contributed by atoms with Gasteiger partial charge in [-0.2, -0.15) is 21.6 Å². The highest BCUT2D eigenvalue weighted by molar-refractivity contribution is 7.88. The van der Waals surface area contributed by atoms with Gasteiger partial charge in [0, 0.05) is 6.20 Å². The first-order chi connectivity index (χ1) is 10.7. The number of aromatic nitrogens is 1. The van der Waals surface area contributed by atoms with Crippen molar-refractivity contribution in [3.63, 3.8) is 0 Å². The number of alkyl halides is 3. The Morgan fingerprint density at radius 3 is 2.30 bits per heavy atom. The molecule has 0 saturated carbocycles. The number of hydrogen-bond acceptors (Lipinski definition) is 6. The number of carbonyl (C=O) groups excluding carboxylic acids is 1. The Hall–Kier alpha value is -2.62. The lowest BCUT2D eigenvalue weighted by atomic mass is 10.3. The number of benzene rings is 1. The third kappa shape index (κ3) is 4.19. The zero-order valence-electron chi connectivity index (χ0n) is 11.1. The molecule has 0 radical (unpaired) electrons. The van der Waals surface area contributed by atoms with Gasteiger partial charge in [-0.1, -0.05) is 18.2 Å². The fourth-order valence-corrected chi connectivity index (χ4v) is 1.84. The lowest BCUT2D eigenvalue weighted by Crippen LogP contribution is -2.28. The van der Waals surface area contributed by atoms with E-state index < -0.39 is 27.3 Å². The highest BCUT2D eigenvalue weighted by Crippen LogP contribution is 2.27. The maximum Gasteiger partial charge on any atom is 0.534 e. The van der Waals surface area contributed by atoms with Crippen LogP contribution in [0.2, 0.25) is 0 Å². The zero-order chi connectivity index (χ0) is 17.1. The van der Waals surface area contributed by atoms with Gasteiger partial charge in [-0.25, -0.2) is 4.79 Å². The molecule has 0 bridgehead atoms. The van der Waals surface area contributed by atoms with Crippen LogP contribution in [0.1, 0.15) is 10.4 Å². The number of carbonyl (C=O) groups is 1. The molecular formula is C13H8F3NO5S. The van der Waals surface area contributed by atoms with E-state index in [2.05, 4.69) is 9.17 Å². The molecule has 0 saturated heterocycles. The van der Waals surface area contributed by atoms with E-state index in [1.54, 1.807) is 18.2 Å². The number of para-hydroxylation sites is 1. The SMILES string of the molecule is O=C(Oc1ccccc1)c1cncc(OS(=O)(=O)C(F)(F)F)c1. The molecule has 2 rings (SSSR count). The van der Waals surface area contributed by atoms with Crippen LogP contribution in [0.3, 0.4) is 0 Å². The zero-order valence-corrected chi connectivity index (χ0v) is 12.0. The predicted octanol–water partition coefficient (Wildman–Crippen LogP) is 2.53. The number of esters is 1. The summed E-state index contributed by atoms with van der Waals surface area (Å²) >= 11 is 0. The molecule has 0 amide bonds. The van der Waals surface area contributed by atoms with Crippen LogP contribution in [0.25, 0.3) is 0 Å². The smallest absolute Gasteiger partial charge is 0.423 e. The third-order valence-corrected chi connectivity index (χ3v) is 3.37. The summed E-state index contributed by atoms with van der Waals surface area (Å²) in [5.74, 6) is -1.49. The average molecular weight is 347 g/mol. The van der Waals surface area contributed by atoms with Crippen LogP contribution in [0.5, 0.6) is 11.5 Å². The number of pyridine rings is 1. The van der Waals surface area contributed by atoms with Gasteiger partial charge in [0.05, 0.1) is 11.8 Å². The molecule has 0 atom stereocenters. The summed E-state index contributed by atoms with van der Waals surface area (Å²) < 4.78 is 67.4. The topological polar surface area (TPSA) is 82.6 Å². The first-order valence-corrected chi connectivity index (χ1v) is 7.33. The molecule has 10 heteroatoms. The van der Waals surface area contributed by atoms with Gasteiger partial charge in [-0.15, -0.1) is 0 Å². The first kappa shape index (κ1) is 16.7. The van der Waals surface area contributed by atoms with Crippen molar-refractivity contribution in [2.45, 2.75) is 5.51 Å². The number of hydrogen-bond donors (Lipinski definition) is 0. The summed E-state index contributed by atoms with van der Waals surface area (Å²) in [5, 5.41) is 0. The lowest BCUT2D eigenvalue weighted by Gasteiger charge is -2.09. The molecule has 0 aliphatic heterocycles. The van der Waals surface area contributed by atoms with Crippen LogP contribution in [-0.2, 0) is 10.1 Å². The van der Waals surface area contributed by atoms with Crippen LogP contribution in [0, 0.1) is 0 Å². The average Bonchev–Trinajstić information content (AvgIpc) is 2.47. The van der Waals surface area contributed by atoms with E-state index in [-0.39, 0.29) is 11.3 Å². The van der Waals surface area contributed by atoms with Gasteiger partial charge in [0.2, 0.25) is 0 Å². The molecule has 6 nitrogen and oxygen atoms in total. The Labute approximate surface area is 128 Å². The minimum absolute atomic E-state index is 0.201. The van der Waals surface area contributed by atoms with E-state index >= 15 is 0 Å². The van der Waals surface area contributed by atoms with Crippen LogP contribution in [0.15, 0.2) is 48.8 Å². The Morgan fingerprint density at radius 1 is 1.04 bits per heavy atom. The lowest BCUT2D eigenvalue weighted by molar-refractivity contribution is -0.0500. The van der Waals surface area contributed by atoms with Crippen molar-refractivity contribution in [2.24, 2.45) is 0 Å². The highest BCUT2D eigenvalue weighted by Gasteiger charge is 2.48. The third-order valence-electron chi connectivity index (χ3n) is 2.39. The second-order valence-electron chi connectivity index (χ2n) is 4.10. The quantitative estimate of drug-likeness (QED) is 0.366. The second-order valence-corrected chi connectivity index (χ2v) is 5.63. The maximum atomic E-state index is 12.2. The minimum atomic E-state index is -5.84. The van der Waals surface area contributed by atoms with Gasteiger partial charge in [0.25, 0.3) is 0 Å².